The lowest BCUT2D eigenvalue weighted by Crippen LogP contribution is -2.38. The number of carbonyl (C=O) groups excluding carboxylic acids is 1. The number of carbonyl (C=O) groups is 2. The highest BCUT2D eigenvalue weighted by molar-refractivity contribution is 5.72. The second kappa shape index (κ2) is 7.84. The molecule has 1 unspecified atom stereocenters. The molecule has 0 aliphatic rings. The summed E-state index contributed by atoms with van der Waals surface area (Å²) in [5, 5.41) is 11.6. The molecular formula is C12H22N2O3. The normalized spacial score (nSPS) is 12.2. The molecule has 0 heterocycles. The molecule has 2 N–H and O–H groups in total. The minimum Gasteiger partial charge on any atom is -0.481 e. The Morgan fingerprint density at radius 3 is 2.41 bits per heavy atom. The van der Waals surface area contributed by atoms with Crippen LogP contribution < -0.4 is 5.32 Å². The number of hydrogen-bond donors (Lipinski definition) is 2. The minimum absolute atomic E-state index is 0.0773. The van der Waals surface area contributed by atoms with Crippen LogP contribution >= 0.6 is 0 Å². The van der Waals surface area contributed by atoms with Crippen molar-refractivity contribution in [2.45, 2.75) is 20.8 Å². The topological polar surface area (TPSA) is 69.6 Å². The molecule has 0 aromatic carbocycles. The zero-order valence-electron chi connectivity index (χ0n) is 10.8. The van der Waals surface area contributed by atoms with Crippen LogP contribution in [0.3, 0.4) is 0 Å². The van der Waals surface area contributed by atoms with Gasteiger partial charge in [0, 0.05) is 33.1 Å². The Kier molecular flexibility index (Phi) is 7.21. The highest BCUT2D eigenvalue weighted by atomic mass is 16.4. The van der Waals surface area contributed by atoms with E-state index in [4.69, 9.17) is 5.11 Å². The third-order valence-electron chi connectivity index (χ3n) is 2.25. The zero-order chi connectivity index (χ0) is 13.4. The smallest absolute Gasteiger partial charge is 0.307 e. The molecule has 0 bridgehead atoms. The van der Waals surface area contributed by atoms with Crippen LogP contribution in [0.15, 0.2) is 12.2 Å². The highest BCUT2D eigenvalue weighted by Gasteiger charge is 2.15. The maximum absolute atomic E-state index is 10.8. The number of rotatable bonds is 8. The van der Waals surface area contributed by atoms with Gasteiger partial charge in [0.05, 0.1) is 5.92 Å². The maximum atomic E-state index is 10.8. The summed E-state index contributed by atoms with van der Waals surface area (Å²) in [7, 11) is 0. The van der Waals surface area contributed by atoms with Gasteiger partial charge in [0.15, 0.2) is 0 Å². The monoisotopic (exact) mass is 242 g/mol. The summed E-state index contributed by atoms with van der Waals surface area (Å²) in [6, 6.07) is 0. The van der Waals surface area contributed by atoms with Crippen LogP contribution in [-0.4, -0.2) is 48.1 Å². The molecular weight excluding hydrogens is 220 g/mol. The predicted octanol–water partition coefficient (Wildman–Crippen LogP) is 0.721. The first-order valence-corrected chi connectivity index (χ1v) is 5.67. The van der Waals surface area contributed by atoms with Crippen LogP contribution in [0.2, 0.25) is 0 Å². The van der Waals surface area contributed by atoms with E-state index in [1.807, 2.05) is 11.8 Å². The van der Waals surface area contributed by atoms with Gasteiger partial charge in [-0.2, -0.15) is 0 Å². The van der Waals surface area contributed by atoms with Gasteiger partial charge in [-0.15, -0.1) is 0 Å². The Morgan fingerprint density at radius 2 is 2.00 bits per heavy atom. The van der Waals surface area contributed by atoms with Crippen LogP contribution in [0.5, 0.6) is 0 Å². The van der Waals surface area contributed by atoms with Gasteiger partial charge < -0.3 is 10.4 Å². The van der Waals surface area contributed by atoms with E-state index in [0.29, 0.717) is 26.2 Å². The summed E-state index contributed by atoms with van der Waals surface area (Å²) in [5.41, 5.74) is 0.977. The van der Waals surface area contributed by atoms with Gasteiger partial charge in [0.2, 0.25) is 5.91 Å². The van der Waals surface area contributed by atoms with E-state index in [-0.39, 0.29) is 5.91 Å². The molecule has 0 aromatic rings. The van der Waals surface area contributed by atoms with Crippen molar-refractivity contribution in [1.29, 1.82) is 0 Å². The first-order valence-electron chi connectivity index (χ1n) is 5.67. The van der Waals surface area contributed by atoms with E-state index in [0.717, 1.165) is 5.57 Å². The van der Waals surface area contributed by atoms with Crippen molar-refractivity contribution < 1.29 is 14.7 Å². The zero-order valence-corrected chi connectivity index (χ0v) is 10.8. The Morgan fingerprint density at radius 1 is 1.41 bits per heavy atom. The van der Waals surface area contributed by atoms with Gasteiger partial charge in [-0.3, -0.25) is 14.5 Å². The minimum atomic E-state index is -0.809. The molecule has 0 rings (SSSR count). The lowest BCUT2D eigenvalue weighted by Gasteiger charge is -2.24. The SMILES string of the molecule is C=C(C)CN(CCNC(C)=O)CC(C)C(=O)O. The molecule has 5 nitrogen and oxygen atoms in total. The third-order valence-corrected chi connectivity index (χ3v) is 2.25. The Hall–Kier alpha value is -1.36. The van der Waals surface area contributed by atoms with Crippen LogP contribution in [-0.2, 0) is 9.59 Å². The summed E-state index contributed by atoms with van der Waals surface area (Å²) < 4.78 is 0. The standard InChI is InChI=1S/C12H22N2O3/c1-9(2)7-14(6-5-13-11(4)15)8-10(3)12(16)17/h10H,1,5-8H2,2-4H3,(H,13,15)(H,16,17). The van der Waals surface area contributed by atoms with Gasteiger partial charge in [-0.25, -0.2) is 0 Å². The molecule has 5 heteroatoms. The van der Waals surface area contributed by atoms with Gasteiger partial charge >= 0.3 is 5.97 Å². The molecule has 0 fully saturated rings. The van der Waals surface area contributed by atoms with Crippen LogP contribution in [0.1, 0.15) is 20.8 Å². The van der Waals surface area contributed by atoms with E-state index < -0.39 is 11.9 Å². The average molecular weight is 242 g/mol. The van der Waals surface area contributed by atoms with Crippen molar-refractivity contribution in [3.8, 4) is 0 Å². The number of hydrogen-bond acceptors (Lipinski definition) is 3. The fraction of sp³-hybridized carbons (Fsp3) is 0.667. The molecule has 1 amide bonds. The number of amides is 1. The van der Waals surface area contributed by atoms with Crippen LogP contribution in [0.25, 0.3) is 0 Å². The van der Waals surface area contributed by atoms with Crippen molar-refractivity contribution >= 4 is 11.9 Å². The quantitative estimate of drug-likeness (QED) is 0.615. The van der Waals surface area contributed by atoms with Gasteiger partial charge in [0.1, 0.15) is 0 Å². The molecule has 0 saturated heterocycles. The molecule has 0 spiro atoms. The van der Waals surface area contributed by atoms with E-state index in [2.05, 4.69) is 11.9 Å². The van der Waals surface area contributed by atoms with E-state index in [9.17, 15) is 9.59 Å². The highest BCUT2D eigenvalue weighted by Crippen LogP contribution is 2.02. The van der Waals surface area contributed by atoms with Gasteiger partial charge in [-0.05, 0) is 6.92 Å². The molecule has 0 aromatic heterocycles. The molecule has 17 heavy (non-hydrogen) atoms. The van der Waals surface area contributed by atoms with Crippen molar-refractivity contribution in [3.63, 3.8) is 0 Å². The van der Waals surface area contributed by atoms with Gasteiger partial charge in [-0.1, -0.05) is 19.1 Å². The number of nitrogens with zero attached hydrogens (tertiary/aromatic N) is 1. The molecule has 98 valence electrons. The van der Waals surface area contributed by atoms with E-state index in [1.165, 1.54) is 6.92 Å². The van der Waals surface area contributed by atoms with Crippen molar-refractivity contribution in [2.75, 3.05) is 26.2 Å². The third kappa shape index (κ3) is 8.45. The number of carboxylic acid groups (broad SMARTS) is 1. The lowest BCUT2D eigenvalue weighted by atomic mass is 10.1. The summed E-state index contributed by atoms with van der Waals surface area (Å²) >= 11 is 0. The summed E-state index contributed by atoms with van der Waals surface area (Å²) in [6.07, 6.45) is 0. The Bertz CT molecular complexity index is 289. The summed E-state index contributed by atoms with van der Waals surface area (Å²) in [5.74, 6) is -1.31. The second-order valence-corrected chi connectivity index (χ2v) is 4.41. The Labute approximate surface area is 102 Å². The molecule has 0 aliphatic carbocycles. The fourth-order valence-electron chi connectivity index (χ4n) is 1.47. The summed E-state index contributed by atoms with van der Waals surface area (Å²) in [4.78, 5) is 23.5. The number of nitrogens with one attached hydrogen (secondary N) is 1. The average Bonchev–Trinajstić information content (AvgIpc) is 2.15. The van der Waals surface area contributed by atoms with E-state index in [1.54, 1.807) is 6.92 Å². The number of aliphatic carboxylic acids is 1. The maximum Gasteiger partial charge on any atom is 0.307 e. The molecule has 1 atom stereocenters. The molecule has 0 saturated carbocycles. The van der Waals surface area contributed by atoms with E-state index >= 15 is 0 Å². The Balaban J connectivity index is 4.18. The van der Waals surface area contributed by atoms with Crippen LogP contribution in [0, 0.1) is 5.92 Å². The molecule has 0 aliphatic heterocycles. The predicted molar refractivity (Wildman–Crippen MR) is 66.7 cm³/mol. The summed E-state index contributed by atoms with van der Waals surface area (Å²) in [6.45, 7) is 11.1. The fourth-order valence-corrected chi connectivity index (χ4v) is 1.47. The van der Waals surface area contributed by atoms with Crippen molar-refractivity contribution in [1.82, 2.24) is 10.2 Å². The first kappa shape index (κ1) is 15.6. The largest absolute Gasteiger partial charge is 0.481 e. The van der Waals surface area contributed by atoms with Crippen molar-refractivity contribution in [2.24, 2.45) is 5.92 Å². The first-order chi connectivity index (χ1) is 7.82. The number of carboxylic acids is 1. The lowest BCUT2D eigenvalue weighted by molar-refractivity contribution is -0.141. The van der Waals surface area contributed by atoms with Gasteiger partial charge in [0.25, 0.3) is 0 Å². The second-order valence-electron chi connectivity index (χ2n) is 4.41. The molecule has 0 radical (unpaired) electrons. The van der Waals surface area contributed by atoms with Crippen molar-refractivity contribution in [3.05, 3.63) is 12.2 Å². The van der Waals surface area contributed by atoms with Crippen LogP contribution in [0.4, 0.5) is 0 Å².